The van der Waals surface area contributed by atoms with Crippen LogP contribution in [0.4, 0.5) is 0 Å². The Hall–Kier alpha value is -2.82. The van der Waals surface area contributed by atoms with Crippen LogP contribution in [0, 0.1) is 0 Å². The molecule has 0 atom stereocenters. The molecule has 5 nitrogen and oxygen atoms in total. The Morgan fingerprint density at radius 2 is 1.16 bits per heavy atom. The second-order valence-corrected chi connectivity index (χ2v) is 10.5. The van der Waals surface area contributed by atoms with E-state index in [4.69, 9.17) is 0 Å². The first-order chi connectivity index (χ1) is 17.2. The molecule has 0 amide bonds. The zero-order valence-electron chi connectivity index (χ0n) is 26.5. The summed E-state index contributed by atoms with van der Waals surface area (Å²) in [6, 6.07) is 7.79. The number of nitrogens with zero attached hydrogens (tertiary/aromatic N) is 3. The minimum Gasteiger partial charge on any atom is -0.329 e. The lowest BCUT2D eigenvalue weighted by molar-refractivity contribution is 0.565. The predicted molar refractivity (Wildman–Crippen MR) is 163 cm³/mol. The van der Waals surface area contributed by atoms with Crippen molar-refractivity contribution in [3.63, 3.8) is 0 Å². The molecule has 210 valence electrons. The molecule has 3 rings (SSSR count). The lowest BCUT2D eigenvalue weighted by atomic mass is 9.88. The van der Waals surface area contributed by atoms with Gasteiger partial charge in [-0.05, 0) is 28.5 Å². The fourth-order valence-electron chi connectivity index (χ4n) is 2.50. The highest BCUT2D eigenvalue weighted by atomic mass is 16.1. The molecule has 0 saturated carbocycles. The van der Waals surface area contributed by atoms with Gasteiger partial charge in [-0.3, -0.25) is 19.7 Å². The lowest BCUT2D eigenvalue weighted by Crippen LogP contribution is -2.23. The van der Waals surface area contributed by atoms with E-state index in [1.54, 1.807) is 31.0 Å². The van der Waals surface area contributed by atoms with Crippen molar-refractivity contribution in [3.8, 4) is 0 Å². The maximum absolute atomic E-state index is 11.2. The molecule has 0 radical (unpaired) electrons. The van der Waals surface area contributed by atoms with Crippen molar-refractivity contribution < 1.29 is 0 Å². The smallest absolute Gasteiger partial charge is 0.251 e. The summed E-state index contributed by atoms with van der Waals surface area (Å²) < 4.78 is 0. The van der Waals surface area contributed by atoms with Gasteiger partial charge in [0.2, 0.25) is 0 Å². The summed E-state index contributed by atoms with van der Waals surface area (Å²) in [7, 11) is 0. The lowest BCUT2D eigenvalue weighted by Gasteiger charge is -2.17. The third kappa shape index (κ3) is 18.1. The highest BCUT2D eigenvalue weighted by Gasteiger charge is 2.16. The minimum absolute atomic E-state index is 0.0139. The maximum Gasteiger partial charge on any atom is 0.251 e. The Labute approximate surface area is 228 Å². The van der Waals surface area contributed by atoms with E-state index in [1.165, 1.54) is 5.56 Å². The molecule has 5 heteroatoms. The van der Waals surface area contributed by atoms with Crippen molar-refractivity contribution >= 4 is 0 Å². The highest BCUT2D eigenvalue weighted by Crippen LogP contribution is 2.20. The predicted octanol–water partition coefficient (Wildman–Crippen LogP) is 8.90. The van der Waals surface area contributed by atoms with Crippen LogP contribution in [-0.4, -0.2) is 19.9 Å². The van der Waals surface area contributed by atoms with E-state index in [-0.39, 0.29) is 21.8 Å². The van der Waals surface area contributed by atoms with Gasteiger partial charge >= 0.3 is 0 Å². The second-order valence-electron chi connectivity index (χ2n) is 10.5. The van der Waals surface area contributed by atoms with Crippen molar-refractivity contribution in [2.45, 2.75) is 120 Å². The Bertz CT molecular complexity index is 897. The summed E-state index contributed by atoms with van der Waals surface area (Å²) in [4.78, 5) is 26.1. The first-order valence-electron chi connectivity index (χ1n) is 13.6. The van der Waals surface area contributed by atoms with Gasteiger partial charge in [-0.2, -0.15) is 0 Å². The van der Waals surface area contributed by atoms with Gasteiger partial charge in [-0.25, -0.2) is 0 Å². The third-order valence-electron chi connectivity index (χ3n) is 4.49. The van der Waals surface area contributed by atoms with Crippen LogP contribution in [0.25, 0.3) is 0 Å². The molecule has 0 bridgehead atoms. The van der Waals surface area contributed by atoms with E-state index >= 15 is 0 Å². The molecule has 3 heterocycles. The van der Waals surface area contributed by atoms with E-state index < -0.39 is 0 Å². The maximum atomic E-state index is 11.2. The molecule has 0 saturated heterocycles. The summed E-state index contributed by atoms with van der Waals surface area (Å²) in [5, 5.41) is 0. The van der Waals surface area contributed by atoms with Gasteiger partial charge in [-0.15, -0.1) is 0 Å². The van der Waals surface area contributed by atoms with Gasteiger partial charge in [0.15, 0.2) is 0 Å². The molecule has 0 unspecified atom stereocenters. The van der Waals surface area contributed by atoms with Crippen LogP contribution in [0.2, 0.25) is 0 Å². The van der Waals surface area contributed by atoms with Gasteiger partial charge in [0.25, 0.3) is 5.56 Å². The Kier molecular flexibility index (Phi) is 21.2. The largest absolute Gasteiger partial charge is 0.329 e. The summed E-state index contributed by atoms with van der Waals surface area (Å²) in [6.45, 7) is 31.0. The molecule has 3 aromatic rings. The fraction of sp³-hybridized carbons (Fsp3) is 0.562. The molecule has 0 spiro atoms. The average Bonchev–Trinajstić information content (AvgIpc) is 2.88. The number of nitrogens with one attached hydrogen (secondary N) is 1. The second kappa shape index (κ2) is 20.3. The van der Waals surface area contributed by atoms with Crippen molar-refractivity contribution in [3.05, 3.63) is 88.6 Å². The zero-order valence-corrected chi connectivity index (χ0v) is 26.5. The first-order valence-corrected chi connectivity index (χ1v) is 13.6. The van der Waals surface area contributed by atoms with E-state index in [1.807, 2.05) is 86.7 Å². The normalized spacial score (nSPS) is 10.1. The molecule has 1 N–H and O–H groups in total. The van der Waals surface area contributed by atoms with E-state index in [0.29, 0.717) is 0 Å². The Morgan fingerprint density at radius 3 is 1.43 bits per heavy atom. The number of hydrogen-bond acceptors (Lipinski definition) is 4. The van der Waals surface area contributed by atoms with Crippen molar-refractivity contribution in [1.29, 1.82) is 0 Å². The highest BCUT2D eigenvalue weighted by molar-refractivity contribution is 5.18. The fourth-order valence-corrected chi connectivity index (χ4v) is 2.50. The topological polar surface area (TPSA) is 71.5 Å². The first kappa shape index (κ1) is 38.7. The van der Waals surface area contributed by atoms with Gasteiger partial charge < -0.3 is 4.98 Å². The molecule has 0 aliphatic carbocycles. The van der Waals surface area contributed by atoms with Gasteiger partial charge in [0, 0.05) is 48.2 Å². The molecule has 0 aliphatic rings. The molecular weight excluding hydrogens is 456 g/mol. The summed E-state index contributed by atoms with van der Waals surface area (Å²) in [5.74, 6) is 0. The van der Waals surface area contributed by atoms with Crippen LogP contribution >= 0.6 is 0 Å². The van der Waals surface area contributed by atoms with E-state index in [2.05, 4.69) is 67.5 Å². The van der Waals surface area contributed by atoms with Crippen LogP contribution in [0.1, 0.15) is 121 Å². The number of H-pyrrole nitrogens is 1. The van der Waals surface area contributed by atoms with E-state index in [0.717, 1.165) is 11.3 Å². The monoisotopic (exact) mass is 512 g/mol. The van der Waals surface area contributed by atoms with Crippen LogP contribution in [0.3, 0.4) is 0 Å². The molecule has 0 aliphatic heterocycles. The number of hydrogen-bond donors (Lipinski definition) is 1. The molecular formula is C32H56N4O. The van der Waals surface area contributed by atoms with Crippen molar-refractivity contribution in [2.24, 2.45) is 0 Å². The zero-order chi connectivity index (χ0) is 29.7. The van der Waals surface area contributed by atoms with Gasteiger partial charge in [0.05, 0.1) is 5.69 Å². The standard InChI is InChI=1S/C9H13NO.C9H13N.C8H12N2.3C2H6/c1-9(2,3)7-5-4-6-10-8(7)11;1-9(2,3)8-5-4-6-10-7-8;1-8(2,3)7-6-9-4-5-10-7;3*1-2/h4-6H,1-3H3,(H,10,11);4-7H,1-3H3;4-6H,1-3H3;3*1-2H3. The van der Waals surface area contributed by atoms with E-state index in [9.17, 15) is 4.79 Å². The Balaban J connectivity index is -0.000000425. The van der Waals surface area contributed by atoms with Crippen molar-refractivity contribution in [1.82, 2.24) is 19.9 Å². The van der Waals surface area contributed by atoms with Crippen LogP contribution in [-0.2, 0) is 16.2 Å². The molecule has 3 aromatic heterocycles. The quantitative estimate of drug-likeness (QED) is 0.326. The Morgan fingerprint density at radius 1 is 0.622 bits per heavy atom. The van der Waals surface area contributed by atoms with Crippen LogP contribution in [0.5, 0.6) is 0 Å². The number of rotatable bonds is 0. The van der Waals surface area contributed by atoms with Crippen molar-refractivity contribution in [2.75, 3.05) is 0 Å². The summed E-state index contributed by atoms with van der Waals surface area (Å²) in [6.07, 6.45) is 10.6. The third-order valence-corrected chi connectivity index (χ3v) is 4.49. The number of pyridine rings is 2. The average molecular weight is 513 g/mol. The number of aromatic nitrogens is 4. The summed E-state index contributed by atoms with van der Waals surface area (Å²) >= 11 is 0. The summed E-state index contributed by atoms with van der Waals surface area (Å²) in [5.41, 5.74) is 3.46. The van der Waals surface area contributed by atoms with Crippen LogP contribution in [0.15, 0.2) is 66.2 Å². The SMILES string of the molecule is CC.CC.CC.CC(C)(C)c1ccc[nH]c1=O.CC(C)(C)c1cccnc1.CC(C)(C)c1cnccn1. The molecule has 0 fully saturated rings. The van der Waals surface area contributed by atoms with Gasteiger partial charge in [0.1, 0.15) is 0 Å². The van der Waals surface area contributed by atoms with Crippen LogP contribution < -0.4 is 5.56 Å². The number of aromatic amines is 1. The molecule has 37 heavy (non-hydrogen) atoms. The van der Waals surface area contributed by atoms with Gasteiger partial charge in [-0.1, -0.05) is 116 Å². The molecule has 0 aromatic carbocycles. The minimum atomic E-state index is -0.0607.